The summed E-state index contributed by atoms with van der Waals surface area (Å²) in [5, 5.41) is 0.409. The third-order valence-electron chi connectivity index (χ3n) is 1.64. The largest absolute Gasteiger partial charge is 0.265 e. The lowest BCUT2D eigenvalue weighted by atomic mass is 10.2. The molecule has 0 atom stereocenters. The monoisotopic (exact) mass is 269 g/mol. The van der Waals surface area contributed by atoms with Gasteiger partial charge in [-0.3, -0.25) is 4.98 Å². The second-order valence-electron chi connectivity index (χ2n) is 2.57. The van der Waals surface area contributed by atoms with Crippen molar-refractivity contribution < 1.29 is 0 Å². The highest BCUT2D eigenvalue weighted by Gasteiger charge is 2.03. The van der Waals surface area contributed by atoms with E-state index in [4.69, 9.17) is 11.6 Å². The third kappa shape index (κ3) is 1.91. The minimum atomic E-state index is 0.409. The van der Waals surface area contributed by atoms with Gasteiger partial charge in [0.1, 0.15) is 5.15 Å². The van der Waals surface area contributed by atoms with Crippen LogP contribution in [0.5, 0.6) is 0 Å². The van der Waals surface area contributed by atoms with E-state index in [0.717, 1.165) is 5.56 Å². The molecule has 0 amide bonds. The molecule has 70 valence electrons. The first-order valence-electron chi connectivity index (χ1n) is 3.86. The van der Waals surface area contributed by atoms with Gasteiger partial charge in [-0.15, -0.1) is 0 Å². The van der Waals surface area contributed by atoms with Crippen molar-refractivity contribution in [2.75, 3.05) is 0 Å². The fourth-order valence-electron chi connectivity index (χ4n) is 0.986. The highest BCUT2D eigenvalue weighted by molar-refractivity contribution is 9.10. The Morgan fingerprint density at radius 1 is 1.21 bits per heavy atom. The second-order valence-corrected chi connectivity index (χ2v) is 3.78. The summed E-state index contributed by atoms with van der Waals surface area (Å²) in [5.74, 6) is 0.598. The maximum Gasteiger partial charge on any atom is 0.161 e. The van der Waals surface area contributed by atoms with Gasteiger partial charge < -0.3 is 0 Å². The molecule has 0 radical (unpaired) electrons. The van der Waals surface area contributed by atoms with E-state index in [-0.39, 0.29) is 0 Å². The van der Waals surface area contributed by atoms with Gasteiger partial charge in [0.15, 0.2) is 5.82 Å². The summed E-state index contributed by atoms with van der Waals surface area (Å²) in [6, 6.07) is 3.67. The van der Waals surface area contributed by atoms with Crippen LogP contribution in [0.25, 0.3) is 11.4 Å². The van der Waals surface area contributed by atoms with Crippen molar-refractivity contribution in [2.24, 2.45) is 0 Å². The highest BCUT2D eigenvalue weighted by atomic mass is 79.9. The van der Waals surface area contributed by atoms with E-state index in [9.17, 15) is 0 Å². The predicted octanol–water partition coefficient (Wildman–Crippen LogP) is 2.95. The van der Waals surface area contributed by atoms with Crippen LogP contribution in [-0.2, 0) is 0 Å². The zero-order chi connectivity index (χ0) is 9.97. The Morgan fingerprint density at radius 2 is 1.93 bits per heavy atom. The van der Waals surface area contributed by atoms with Crippen LogP contribution in [0.2, 0.25) is 5.15 Å². The molecule has 5 heteroatoms. The zero-order valence-corrected chi connectivity index (χ0v) is 9.33. The fraction of sp³-hybridized carbons (Fsp3) is 0. The van der Waals surface area contributed by atoms with Gasteiger partial charge >= 0.3 is 0 Å². The summed E-state index contributed by atoms with van der Waals surface area (Å²) < 4.78 is 0.692. The van der Waals surface area contributed by atoms with Gasteiger partial charge in [-0.05, 0) is 28.1 Å². The molecule has 0 aliphatic carbocycles. The van der Waals surface area contributed by atoms with E-state index >= 15 is 0 Å². The van der Waals surface area contributed by atoms with Crippen molar-refractivity contribution in [1.82, 2.24) is 15.0 Å². The van der Waals surface area contributed by atoms with Crippen LogP contribution in [0.1, 0.15) is 0 Å². The van der Waals surface area contributed by atoms with Gasteiger partial charge in [-0.2, -0.15) is 0 Å². The van der Waals surface area contributed by atoms with Crippen molar-refractivity contribution in [1.29, 1.82) is 0 Å². The fourth-order valence-corrected chi connectivity index (χ4v) is 1.31. The molecule has 2 aromatic rings. The number of hydrogen-bond acceptors (Lipinski definition) is 3. The summed E-state index contributed by atoms with van der Waals surface area (Å²) in [5.41, 5.74) is 0.898. The molecule has 2 aromatic heterocycles. The molecule has 14 heavy (non-hydrogen) atoms. The van der Waals surface area contributed by atoms with Gasteiger partial charge in [0.25, 0.3) is 0 Å². The second kappa shape index (κ2) is 4.02. The molecule has 0 aromatic carbocycles. The lowest BCUT2D eigenvalue weighted by Crippen LogP contribution is -1.89. The normalized spacial score (nSPS) is 10.1. The molecular formula is C9H5BrClN3. The van der Waals surface area contributed by atoms with E-state index in [1.54, 1.807) is 18.6 Å². The Labute approximate surface area is 94.3 Å². The van der Waals surface area contributed by atoms with Gasteiger partial charge in [0.05, 0.1) is 4.47 Å². The lowest BCUT2D eigenvalue weighted by molar-refractivity contribution is 1.15. The molecule has 0 spiro atoms. The molecule has 0 fully saturated rings. The number of nitrogens with zero attached hydrogens (tertiary/aromatic N) is 3. The van der Waals surface area contributed by atoms with Crippen molar-refractivity contribution in [3.63, 3.8) is 0 Å². The molecule has 2 heterocycles. The maximum absolute atomic E-state index is 5.85. The van der Waals surface area contributed by atoms with Gasteiger partial charge in [-0.25, -0.2) is 9.97 Å². The van der Waals surface area contributed by atoms with E-state index in [2.05, 4.69) is 30.9 Å². The van der Waals surface area contributed by atoms with Crippen LogP contribution in [-0.4, -0.2) is 15.0 Å². The molecule has 0 bridgehead atoms. The minimum absolute atomic E-state index is 0.409. The van der Waals surface area contributed by atoms with Crippen LogP contribution < -0.4 is 0 Å². The maximum atomic E-state index is 5.85. The molecule has 0 saturated heterocycles. The standard InChI is InChI=1S/C9H5BrClN3/c10-7-5-13-9(14-8(7)11)6-1-3-12-4-2-6/h1-5H. The van der Waals surface area contributed by atoms with Gasteiger partial charge in [0.2, 0.25) is 0 Å². The van der Waals surface area contributed by atoms with E-state index in [1.165, 1.54) is 0 Å². The summed E-state index contributed by atoms with van der Waals surface area (Å²) in [6.45, 7) is 0. The lowest BCUT2D eigenvalue weighted by Gasteiger charge is -2.00. The molecule has 0 saturated carbocycles. The molecule has 2 rings (SSSR count). The van der Waals surface area contributed by atoms with Crippen molar-refractivity contribution in [3.8, 4) is 11.4 Å². The predicted molar refractivity (Wildman–Crippen MR) is 58.0 cm³/mol. The summed E-state index contributed by atoms with van der Waals surface area (Å²) in [4.78, 5) is 12.2. The van der Waals surface area contributed by atoms with E-state index in [0.29, 0.717) is 15.5 Å². The van der Waals surface area contributed by atoms with E-state index < -0.39 is 0 Å². The number of aromatic nitrogens is 3. The van der Waals surface area contributed by atoms with Gasteiger partial charge in [-0.1, -0.05) is 11.6 Å². The Balaban J connectivity index is 2.48. The van der Waals surface area contributed by atoms with Crippen molar-refractivity contribution in [2.45, 2.75) is 0 Å². The first-order valence-corrected chi connectivity index (χ1v) is 5.03. The van der Waals surface area contributed by atoms with Crippen LogP contribution >= 0.6 is 27.5 Å². The Kier molecular flexibility index (Phi) is 2.74. The van der Waals surface area contributed by atoms with Crippen molar-refractivity contribution >= 4 is 27.5 Å². The number of halogens is 2. The number of hydrogen-bond donors (Lipinski definition) is 0. The molecule has 0 unspecified atom stereocenters. The summed E-state index contributed by atoms with van der Waals surface area (Å²) >= 11 is 9.08. The van der Waals surface area contributed by atoms with Crippen molar-refractivity contribution in [3.05, 3.63) is 40.3 Å². The van der Waals surface area contributed by atoms with Gasteiger partial charge in [0, 0.05) is 24.2 Å². The van der Waals surface area contributed by atoms with E-state index in [1.807, 2.05) is 12.1 Å². The van der Waals surface area contributed by atoms with Crippen LogP contribution in [0, 0.1) is 0 Å². The van der Waals surface area contributed by atoms with Crippen LogP contribution in [0.4, 0.5) is 0 Å². The molecule has 3 nitrogen and oxygen atoms in total. The first-order chi connectivity index (χ1) is 6.77. The smallest absolute Gasteiger partial charge is 0.161 e. The average Bonchev–Trinajstić information content (AvgIpc) is 2.23. The molecule has 0 aliphatic heterocycles. The minimum Gasteiger partial charge on any atom is -0.265 e. The average molecular weight is 271 g/mol. The third-order valence-corrected chi connectivity index (χ3v) is 2.74. The number of rotatable bonds is 1. The number of pyridine rings is 1. The Morgan fingerprint density at radius 3 is 2.57 bits per heavy atom. The Hall–Kier alpha value is -1.00. The molecular weight excluding hydrogens is 265 g/mol. The molecule has 0 aliphatic rings. The molecule has 0 N–H and O–H groups in total. The van der Waals surface area contributed by atoms with Crippen LogP contribution in [0.3, 0.4) is 0 Å². The quantitative estimate of drug-likeness (QED) is 0.748. The zero-order valence-electron chi connectivity index (χ0n) is 6.98. The highest BCUT2D eigenvalue weighted by Crippen LogP contribution is 2.22. The SMILES string of the molecule is Clc1nc(-c2ccncc2)ncc1Br. The Bertz CT molecular complexity index is 447. The summed E-state index contributed by atoms with van der Waals surface area (Å²) in [7, 11) is 0. The van der Waals surface area contributed by atoms with Crippen LogP contribution in [0.15, 0.2) is 35.2 Å². The summed E-state index contributed by atoms with van der Waals surface area (Å²) in [6.07, 6.45) is 5.01. The first kappa shape index (κ1) is 9.55. The topological polar surface area (TPSA) is 38.7 Å².